The van der Waals surface area contributed by atoms with Gasteiger partial charge in [-0.15, -0.1) is 0 Å². The third kappa shape index (κ3) is 3.94. The summed E-state index contributed by atoms with van der Waals surface area (Å²) in [4.78, 5) is 11.9. The molecule has 0 aliphatic carbocycles. The van der Waals surface area contributed by atoms with Crippen molar-refractivity contribution in [2.24, 2.45) is 0 Å². The molecule has 0 aliphatic rings. The van der Waals surface area contributed by atoms with Crippen LogP contribution in [0.2, 0.25) is 0 Å². The van der Waals surface area contributed by atoms with Gasteiger partial charge in [-0.2, -0.15) is 0 Å². The van der Waals surface area contributed by atoms with Crippen LogP contribution >= 0.6 is 0 Å². The molecule has 2 amide bonds. The molecule has 1 aromatic heterocycles. The second-order valence-corrected chi connectivity index (χ2v) is 5.57. The van der Waals surface area contributed by atoms with E-state index in [1.807, 2.05) is 30.3 Å². The Bertz CT molecular complexity index is 794. The van der Waals surface area contributed by atoms with E-state index in [0.717, 1.165) is 16.3 Å². The molecule has 5 nitrogen and oxygen atoms in total. The van der Waals surface area contributed by atoms with Gasteiger partial charge in [-0.05, 0) is 34.9 Å². The molecule has 0 unspecified atom stereocenters. The summed E-state index contributed by atoms with van der Waals surface area (Å²) in [6.07, 6.45) is 1.20. The Kier molecular flexibility index (Phi) is 5.13. The number of hydrogen-bond acceptors (Lipinski definition) is 3. The Balaban J connectivity index is 1.47. The maximum atomic E-state index is 11.9. The van der Waals surface area contributed by atoms with E-state index < -0.39 is 6.10 Å². The number of urea groups is 1. The Morgan fingerprint density at radius 1 is 1.04 bits per heavy atom. The van der Waals surface area contributed by atoms with Crippen molar-refractivity contribution in [3.8, 4) is 0 Å². The summed E-state index contributed by atoms with van der Waals surface area (Å²) in [5.41, 5.74) is 1.07. The van der Waals surface area contributed by atoms with Gasteiger partial charge in [0.1, 0.15) is 11.9 Å². The summed E-state index contributed by atoms with van der Waals surface area (Å²) in [6.45, 7) is 0.817. The maximum Gasteiger partial charge on any atom is 0.315 e. The number of fused-ring (bicyclic) bond motifs is 1. The summed E-state index contributed by atoms with van der Waals surface area (Å²) in [7, 11) is 0. The topological polar surface area (TPSA) is 74.5 Å². The van der Waals surface area contributed by atoms with E-state index in [2.05, 4.69) is 22.8 Å². The number of hydrogen-bond donors (Lipinski definition) is 3. The molecular weight excluding hydrogens is 304 g/mol. The first-order chi connectivity index (χ1) is 11.7. The summed E-state index contributed by atoms with van der Waals surface area (Å²) in [5.74, 6) is 0.507. The van der Waals surface area contributed by atoms with Crippen LogP contribution in [-0.2, 0) is 6.54 Å². The molecule has 5 heteroatoms. The molecular formula is C19H20N2O3. The first-order valence-electron chi connectivity index (χ1n) is 7.94. The molecule has 0 saturated heterocycles. The minimum atomic E-state index is -0.710. The fraction of sp³-hybridized carbons (Fsp3) is 0.211. The zero-order valence-corrected chi connectivity index (χ0v) is 13.2. The molecule has 1 heterocycles. The van der Waals surface area contributed by atoms with Crippen LogP contribution < -0.4 is 10.6 Å². The average molecular weight is 324 g/mol. The normalized spacial score (nSPS) is 12.0. The van der Waals surface area contributed by atoms with Crippen molar-refractivity contribution in [1.82, 2.24) is 10.6 Å². The van der Waals surface area contributed by atoms with Gasteiger partial charge in [0.2, 0.25) is 0 Å². The summed E-state index contributed by atoms with van der Waals surface area (Å²) >= 11 is 0. The number of benzene rings is 2. The van der Waals surface area contributed by atoms with Crippen molar-refractivity contribution < 1.29 is 14.3 Å². The van der Waals surface area contributed by atoms with Gasteiger partial charge in [0.05, 0.1) is 6.26 Å². The van der Waals surface area contributed by atoms with Gasteiger partial charge in [-0.1, -0.05) is 42.5 Å². The van der Waals surface area contributed by atoms with Gasteiger partial charge in [-0.3, -0.25) is 0 Å². The van der Waals surface area contributed by atoms with E-state index in [9.17, 15) is 9.90 Å². The highest BCUT2D eigenvalue weighted by Gasteiger charge is 2.10. The van der Waals surface area contributed by atoms with Crippen LogP contribution in [0.15, 0.2) is 65.3 Å². The third-order valence-corrected chi connectivity index (χ3v) is 3.89. The van der Waals surface area contributed by atoms with Gasteiger partial charge in [-0.25, -0.2) is 4.79 Å². The van der Waals surface area contributed by atoms with Crippen LogP contribution in [0.4, 0.5) is 4.79 Å². The number of nitrogens with one attached hydrogen (secondary N) is 2. The van der Waals surface area contributed by atoms with Gasteiger partial charge in [0.25, 0.3) is 0 Å². The van der Waals surface area contributed by atoms with Crippen molar-refractivity contribution >= 4 is 16.8 Å². The summed E-state index contributed by atoms with van der Waals surface area (Å²) < 4.78 is 5.12. The minimum Gasteiger partial charge on any atom is -0.467 e. The van der Waals surface area contributed by atoms with Gasteiger partial charge < -0.3 is 20.2 Å². The molecule has 1 atom stereocenters. The van der Waals surface area contributed by atoms with E-state index in [-0.39, 0.29) is 6.03 Å². The van der Waals surface area contributed by atoms with Crippen LogP contribution in [-0.4, -0.2) is 17.7 Å². The van der Waals surface area contributed by atoms with Crippen LogP contribution in [0.3, 0.4) is 0 Å². The second-order valence-electron chi connectivity index (χ2n) is 5.57. The van der Waals surface area contributed by atoms with Gasteiger partial charge in [0, 0.05) is 13.1 Å². The second kappa shape index (κ2) is 7.66. The largest absolute Gasteiger partial charge is 0.467 e. The lowest BCUT2D eigenvalue weighted by atomic mass is 10.0. The van der Waals surface area contributed by atoms with Crippen LogP contribution in [0.5, 0.6) is 0 Å². The average Bonchev–Trinajstić information content (AvgIpc) is 3.14. The van der Waals surface area contributed by atoms with Gasteiger partial charge in [0.15, 0.2) is 0 Å². The Morgan fingerprint density at radius 2 is 1.88 bits per heavy atom. The van der Waals surface area contributed by atoms with Crippen molar-refractivity contribution in [3.05, 3.63) is 72.2 Å². The zero-order chi connectivity index (χ0) is 16.8. The number of aliphatic hydroxyl groups excluding tert-OH is 1. The highest BCUT2D eigenvalue weighted by molar-refractivity contribution is 5.86. The number of carbonyl (C=O) groups excluding carboxylic acids is 1. The first kappa shape index (κ1) is 16.1. The van der Waals surface area contributed by atoms with E-state index in [0.29, 0.717) is 25.3 Å². The first-order valence-corrected chi connectivity index (χ1v) is 7.94. The molecule has 0 bridgehead atoms. The van der Waals surface area contributed by atoms with E-state index in [1.165, 1.54) is 6.26 Å². The number of carbonyl (C=O) groups is 1. The quantitative estimate of drug-likeness (QED) is 0.651. The lowest BCUT2D eigenvalue weighted by Crippen LogP contribution is -2.36. The molecule has 3 N–H and O–H groups in total. The molecule has 0 saturated carbocycles. The standard InChI is InChI=1S/C19H20N2O3/c22-17(18-9-4-12-24-18)10-11-20-19(23)21-13-15-7-3-6-14-5-1-2-8-16(14)15/h1-9,12,17,22H,10-11,13H2,(H2,20,21,23)/t17-/m1/s1. The molecule has 3 rings (SSSR count). The number of amides is 2. The monoisotopic (exact) mass is 324 g/mol. The summed E-state index contributed by atoms with van der Waals surface area (Å²) in [5, 5.41) is 17.8. The molecule has 0 aliphatic heterocycles. The SMILES string of the molecule is O=C(NCC[C@@H](O)c1ccco1)NCc1cccc2ccccc12. The fourth-order valence-corrected chi connectivity index (χ4v) is 2.63. The maximum absolute atomic E-state index is 11.9. The lowest BCUT2D eigenvalue weighted by Gasteiger charge is -2.11. The molecule has 0 fully saturated rings. The number of rotatable bonds is 6. The number of furan rings is 1. The van der Waals surface area contributed by atoms with Crippen LogP contribution in [0.1, 0.15) is 23.8 Å². The zero-order valence-electron chi connectivity index (χ0n) is 13.2. The molecule has 0 spiro atoms. The Hall–Kier alpha value is -2.79. The van der Waals surface area contributed by atoms with Crippen LogP contribution in [0, 0.1) is 0 Å². The predicted molar refractivity (Wildman–Crippen MR) is 92.5 cm³/mol. The molecule has 24 heavy (non-hydrogen) atoms. The smallest absolute Gasteiger partial charge is 0.315 e. The highest BCUT2D eigenvalue weighted by Crippen LogP contribution is 2.18. The fourth-order valence-electron chi connectivity index (χ4n) is 2.63. The van der Waals surface area contributed by atoms with Crippen molar-refractivity contribution in [3.63, 3.8) is 0 Å². The lowest BCUT2D eigenvalue weighted by molar-refractivity contribution is 0.140. The van der Waals surface area contributed by atoms with E-state index in [4.69, 9.17) is 4.42 Å². The van der Waals surface area contributed by atoms with E-state index >= 15 is 0 Å². The molecule has 0 radical (unpaired) electrons. The predicted octanol–water partition coefficient (Wildman–Crippen LogP) is 3.36. The van der Waals surface area contributed by atoms with Crippen molar-refractivity contribution in [2.75, 3.05) is 6.54 Å². The van der Waals surface area contributed by atoms with Crippen molar-refractivity contribution in [1.29, 1.82) is 0 Å². The van der Waals surface area contributed by atoms with Crippen molar-refractivity contribution in [2.45, 2.75) is 19.1 Å². The molecule has 124 valence electrons. The minimum absolute atomic E-state index is 0.255. The van der Waals surface area contributed by atoms with E-state index in [1.54, 1.807) is 12.1 Å². The highest BCUT2D eigenvalue weighted by atomic mass is 16.4. The Morgan fingerprint density at radius 3 is 2.71 bits per heavy atom. The molecule has 3 aromatic rings. The third-order valence-electron chi connectivity index (χ3n) is 3.89. The molecule has 2 aromatic carbocycles. The Labute approximate surface area is 140 Å². The number of aliphatic hydroxyl groups is 1. The van der Waals surface area contributed by atoms with Gasteiger partial charge >= 0.3 is 6.03 Å². The summed E-state index contributed by atoms with van der Waals surface area (Å²) in [6, 6.07) is 17.3. The van der Waals surface area contributed by atoms with Crippen LogP contribution in [0.25, 0.3) is 10.8 Å².